The Morgan fingerprint density at radius 2 is 2.04 bits per heavy atom. The van der Waals surface area contributed by atoms with Crippen molar-refractivity contribution in [3.8, 4) is 17.0 Å². The molecule has 3 aromatic rings. The number of nitrogens with one attached hydrogen (secondary N) is 1. The molecule has 2 aromatic heterocycles. The quantitative estimate of drug-likeness (QED) is 0.502. The summed E-state index contributed by atoms with van der Waals surface area (Å²) in [6.07, 6.45) is 6.90. The van der Waals surface area contributed by atoms with Gasteiger partial charge in [0, 0.05) is 28.9 Å². The van der Waals surface area contributed by atoms with Gasteiger partial charge in [-0.3, -0.25) is 9.78 Å². The molecule has 0 bridgehead atoms. The average Bonchev–Trinajstić information content (AvgIpc) is 3.23. The molecule has 0 fully saturated rings. The van der Waals surface area contributed by atoms with Crippen molar-refractivity contribution in [2.24, 2.45) is 0 Å². The van der Waals surface area contributed by atoms with Gasteiger partial charge in [0.2, 0.25) is 0 Å². The fraction of sp³-hybridized carbons (Fsp3) is 0.318. The van der Waals surface area contributed by atoms with E-state index in [-0.39, 0.29) is 11.9 Å². The van der Waals surface area contributed by atoms with E-state index in [9.17, 15) is 4.79 Å². The van der Waals surface area contributed by atoms with Crippen LogP contribution in [0.2, 0.25) is 0 Å². The van der Waals surface area contributed by atoms with E-state index in [4.69, 9.17) is 4.74 Å². The predicted molar refractivity (Wildman–Crippen MR) is 113 cm³/mol. The van der Waals surface area contributed by atoms with Crippen LogP contribution in [0, 0.1) is 0 Å². The van der Waals surface area contributed by atoms with E-state index in [2.05, 4.69) is 22.2 Å². The lowest BCUT2D eigenvalue weighted by molar-refractivity contribution is 0.0940. The number of rotatable bonds is 9. The van der Waals surface area contributed by atoms with E-state index in [1.807, 2.05) is 36.6 Å². The number of thiazole rings is 1. The van der Waals surface area contributed by atoms with Gasteiger partial charge < -0.3 is 10.1 Å². The van der Waals surface area contributed by atoms with Gasteiger partial charge in [0.25, 0.3) is 5.91 Å². The maximum atomic E-state index is 12.5. The second-order valence-electron chi connectivity index (χ2n) is 6.59. The predicted octanol–water partition coefficient (Wildman–Crippen LogP) is 5.27. The smallest absolute Gasteiger partial charge is 0.251 e. The van der Waals surface area contributed by atoms with Crippen LogP contribution in [0.15, 0.2) is 54.2 Å². The number of amides is 1. The fourth-order valence-electron chi connectivity index (χ4n) is 2.72. The van der Waals surface area contributed by atoms with E-state index in [1.165, 1.54) is 17.8 Å². The van der Waals surface area contributed by atoms with Crippen molar-refractivity contribution < 1.29 is 9.53 Å². The van der Waals surface area contributed by atoms with Crippen molar-refractivity contribution in [1.82, 2.24) is 15.3 Å². The zero-order valence-corrected chi connectivity index (χ0v) is 17.0. The monoisotopic (exact) mass is 395 g/mol. The van der Waals surface area contributed by atoms with E-state index in [1.54, 1.807) is 24.5 Å². The number of carbonyl (C=O) groups excluding carboxylic acids is 1. The van der Waals surface area contributed by atoms with E-state index < -0.39 is 0 Å². The average molecular weight is 396 g/mol. The number of carbonyl (C=O) groups is 1. The molecule has 3 rings (SSSR count). The second kappa shape index (κ2) is 9.99. The molecule has 0 spiro atoms. The Morgan fingerprint density at radius 3 is 2.75 bits per heavy atom. The van der Waals surface area contributed by atoms with Crippen LogP contribution in [0.4, 0.5) is 0 Å². The molecule has 1 unspecified atom stereocenters. The highest BCUT2D eigenvalue weighted by molar-refractivity contribution is 7.10. The number of aromatic nitrogens is 2. The van der Waals surface area contributed by atoms with Gasteiger partial charge in [0.15, 0.2) is 0 Å². The number of nitrogens with zero attached hydrogens (tertiary/aromatic N) is 2. The minimum atomic E-state index is -0.173. The Labute approximate surface area is 169 Å². The standard InChI is InChI=1S/C22H25N3O2S/c1-3-4-5-13-27-19-10-8-17(9-11-19)21(26)24-16(2)22-25-20(15-28-22)18-7-6-12-23-14-18/h6-12,14-16H,3-5,13H2,1-2H3,(H,24,26). The van der Waals surface area contributed by atoms with Gasteiger partial charge in [-0.05, 0) is 49.7 Å². The van der Waals surface area contributed by atoms with Crippen LogP contribution < -0.4 is 10.1 Å². The van der Waals surface area contributed by atoms with Crippen molar-refractivity contribution in [2.75, 3.05) is 6.61 Å². The Kier molecular flexibility index (Phi) is 7.14. The molecule has 0 saturated heterocycles. The molecule has 1 atom stereocenters. The van der Waals surface area contributed by atoms with Crippen LogP contribution in [0.1, 0.15) is 54.5 Å². The van der Waals surface area contributed by atoms with Gasteiger partial charge in [-0.1, -0.05) is 19.8 Å². The summed E-state index contributed by atoms with van der Waals surface area (Å²) in [5.74, 6) is 0.671. The van der Waals surface area contributed by atoms with Gasteiger partial charge in [-0.15, -0.1) is 11.3 Å². The zero-order chi connectivity index (χ0) is 19.8. The molecule has 0 aliphatic heterocycles. The highest BCUT2D eigenvalue weighted by Gasteiger charge is 2.15. The Hall–Kier alpha value is -2.73. The SMILES string of the molecule is CCCCCOc1ccc(C(=O)NC(C)c2nc(-c3cccnc3)cs2)cc1. The van der Waals surface area contributed by atoms with Crippen LogP contribution >= 0.6 is 11.3 Å². The Bertz CT molecular complexity index is 878. The van der Waals surface area contributed by atoms with Crippen molar-refractivity contribution >= 4 is 17.2 Å². The molecule has 1 N–H and O–H groups in total. The van der Waals surface area contributed by atoms with Crippen molar-refractivity contribution in [3.05, 3.63) is 64.7 Å². The molecule has 1 amide bonds. The van der Waals surface area contributed by atoms with Crippen LogP contribution in [-0.4, -0.2) is 22.5 Å². The zero-order valence-electron chi connectivity index (χ0n) is 16.2. The molecule has 28 heavy (non-hydrogen) atoms. The lowest BCUT2D eigenvalue weighted by Crippen LogP contribution is -2.26. The Morgan fingerprint density at radius 1 is 1.21 bits per heavy atom. The summed E-state index contributed by atoms with van der Waals surface area (Å²) >= 11 is 1.53. The van der Waals surface area contributed by atoms with Gasteiger partial charge in [0.1, 0.15) is 10.8 Å². The molecule has 146 valence electrons. The molecule has 2 heterocycles. The minimum absolute atomic E-state index is 0.122. The maximum absolute atomic E-state index is 12.5. The second-order valence-corrected chi connectivity index (χ2v) is 7.48. The summed E-state index contributed by atoms with van der Waals surface area (Å²) in [4.78, 5) is 21.3. The highest BCUT2D eigenvalue weighted by Crippen LogP contribution is 2.25. The number of ether oxygens (including phenoxy) is 1. The number of hydrogen-bond donors (Lipinski definition) is 1. The van der Waals surface area contributed by atoms with Crippen LogP contribution in [0.3, 0.4) is 0 Å². The lowest BCUT2D eigenvalue weighted by Gasteiger charge is -2.12. The highest BCUT2D eigenvalue weighted by atomic mass is 32.1. The van der Waals surface area contributed by atoms with Crippen LogP contribution in [0.5, 0.6) is 5.75 Å². The third kappa shape index (κ3) is 5.39. The molecule has 0 aliphatic rings. The third-order valence-corrected chi connectivity index (χ3v) is 5.36. The topological polar surface area (TPSA) is 64.1 Å². The van der Waals surface area contributed by atoms with Crippen LogP contribution in [0.25, 0.3) is 11.3 Å². The summed E-state index contributed by atoms with van der Waals surface area (Å²) in [7, 11) is 0. The van der Waals surface area contributed by atoms with E-state index in [0.717, 1.165) is 34.9 Å². The molecular weight excluding hydrogens is 370 g/mol. The first-order chi connectivity index (χ1) is 13.7. The summed E-state index contributed by atoms with van der Waals surface area (Å²) in [6, 6.07) is 11.0. The number of unbranched alkanes of at least 4 members (excludes halogenated alkanes) is 2. The van der Waals surface area contributed by atoms with Gasteiger partial charge in [-0.2, -0.15) is 0 Å². The first-order valence-corrected chi connectivity index (χ1v) is 10.4. The lowest BCUT2D eigenvalue weighted by atomic mass is 10.2. The molecular formula is C22H25N3O2S. The minimum Gasteiger partial charge on any atom is -0.494 e. The van der Waals surface area contributed by atoms with Gasteiger partial charge in [0.05, 0.1) is 18.3 Å². The van der Waals surface area contributed by atoms with Crippen molar-refractivity contribution in [2.45, 2.75) is 39.2 Å². The molecule has 0 saturated carbocycles. The van der Waals surface area contributed by atoms with Gasteiger partial charge in [-0.25, -0.2) is 4.98 Å². The molecule has 6 heteroatoms. The van der Waals surface area contributed by atoms with Crippen molar-refractivity contribution in [3.63, 3.8) is 0 Å². The molecule has 0 radical (unpaired) electrons. The summed E-state index contributed by atoms with van der Waals surface area (Å²) in [6.45, 7) is 4.81. The fourth-order valence-corrected chi connectivity index (χ4v) is 3.55. The molecule has 1 aromatic carbocycles. The third-order valence-electron chi connectivity index (χ3n) is 4.33. The summed E-state index contributed by atoms with van der Waals surface area (Å²) in [5, 5.41) is 5.86. The first kappa shape index (κ1) is 20.0. The van der Waals surface area contributed by atoms with E-state index >= 15 is 0 Å². The van der Waals surface area contributed by atoms with Crippen molar-refractivity contribution in [1.29, 1.82) is 0 Å². The Balaban J connectivity index is 1.56. The normalized spacial score (nSPS) is 11.8. The number of benzene rings is 1. The molecule has 0 aliphatic carbocycles. The summed E-state index contributed by atoms with van der Waals surface area (Å²) in [5.41, 5.74) is 2.45. The molecule has 5 nitrogen and oxygen atoms in total. The maximum Gasteiger partial charge on any atom is 0.251 e. The number of hydrogen-bond acceptors (Lipinski definition) is 5. The van der Waals surface area contributed by atoms with Crippen LogP contribution in [-0.2, 0) is 0 Å². The number of pyridine rings is 1. The first-order valence-electron chi connectivity index (χ1n) is 9.57. The summed E-state index contributed by atoms with van der Waals surface area (Å²) < 4.78 is 5.69. The van der Waals surface area contributed by atoms with Gasteiger partial charge >= 0.3 is 0 Å². The largest absolute Gasteiger partial charge is 0.494 e. The van der Waals surface area contributed by atoms with E-state index in [0.29, 0.717) is 12.2 Å².